The van der Waals surface area contributed by atoms with E-state index in [1.807, 2.05) is 12.1 Å². The Balaban J connectivity index is 1.68. The number of imide groups is 1. The number of carbonyl (C=O) groups excluding carboxylic acids is 3. The van der Waals surface area contributed by atoms with Crippen LogP contribution in [0, 0.1) is 0 Å². The number of rotatable bonds is 6. The first kappa shape index (κ1) is 15.0. The van der Waals surface area contributed by atoms with Crippen molar-refractivity contribution in [2.24, 2.45) is 0 Å². The molecule has 2 heterocycles. The van der Waals surface area contributed by atoms with Crippen molar-refractivity contribution in [2.45, 2.75) is 19.4 Å². The van der Waals surface area contributed by atoms with Crippen molar-refractivity contribution in [2.75, 3.05) is 20.1 Å². The molecular weight excluding hydrogens is 272 g/mol. The lowest BCUT2D eigenvalue weighted by Gasteiger charge is -2.13. The summed E-state index contributed by atoms with van der Waals surface area (Å²) in [6, 6.07) is 3.39. The second kappa shape index (κ2) is 6.83. The summed E-state index contributed by atoms with van der Waals surface area (Å²) in [6.07, 6.45) is 4.11. The number of pyridine rings is 1. The van der Waals surface area contributed by atoms with Gasteiger partial charge in [0, 0.05) is 39.0 Å². The Morgan fingerprint density at radius 3 is 2.86 bits per heavy atom. The Morgan fingerprint density at radius 2 is 2.24 bits per heavy atom. The molecule has 2 rings (SSSR count). The van der Waals surface area contributed by atoms with Crippen LogP contribution in [0.3, 0.4) is 0 Å². The predicted octanol–water partition coefficient (Wildman–Crippen LogP) is 0.372. The van der Waals surface area contributed by atoms with Gasteiger partial charge in [0.05, 0.1) is 0 Å². The summed E-state index contributed by atoms with van der Waals surface area (Å²) in [4.78, 5) is 41.4. The van der Waals surface area contributed by atoms with Gasteiger partial charge in [-0.2, -0.15) is 0 Å². The third-order valence-electron chi connectivity index (χ3n) is 3.23. The minimum absolute atomic E-state index is 0.105. The van der Waals surface area contributed by atoms with Gasteiger partial charge in [-0.3, -0.25) is 19.5 Å². The number of nitrogens with one attached hydrogen (secondary N) is 1. The molecule has 0 saturated carbocycles. The lowest BCUT2D eigenvalue weighted by atomic mass is 10.2. The van der Waals surface area contributed by atoms with Crippen LogP contribution in [0.2, 0.25) is 0 Å². The standard InChI is InChI=1S/C14H18N4O3/c1-17-10-13(20)18(14(17)21)7-3-5-12(19)16-9-11-4-2-6-15-8-11/h2,4,6,8H,3,5,7,9-10H2,1H3,(H,16,19). The fourth-order valence-electron chi connectivity index (χ4n) is 2.08. The molecule has 112 valence electrons. The van der Waals surface area contributed by atoms with Gasteiger partial charge in [-0.15, -0.1) is 0 Å². The maximum Gasteiger partial charge on any atom is 0.326 e. The molecule has 7 heteroatoms. The van der Waals surface area contributed by atoms with Crippen molar-refractivity contribution in [3.63, 3.8) is 0 Å². The van der Waals surface area contributed by atoms with Gasteiger partial charge >= 0.3 is 6.03 Å². The monoisotopic (exact) mass is 290 g/mol. The molecule has 4 amide bonds. The summed E-state index contributed by atoms with van der Waals surface area (Å²) in [7, 11) is 1.58. The molecular formula is C14H18N4O3. The minimum atomic E-state index is -0.296. The Kier molecular flexibility index (Phi) is 4.86. The molecule has 1 fully saturated rings. The second-order valence-corrected chi connectivity index (χ2v) is 4.93. The lowest BCUT2D eigenvalue weighted by molar-refractivity contribution is -0.126. The third kappa shape index (κ3) is 4.01. The summed E-state index contributed by atoms with van der Waals surface area (Å²) >= 11 is 0. The summed E-state index contributed by atoms with van der Waals surface area (Å²) in [6.45, 7) is 0.825. The molecule has 1 aromatic rings. The number of hydrogen-bond donors (Lipinski definition) is 1. The van der Waals surface area contributed by atoms with Crippen LogP contribution in [0.25, 0.3) is 0 Å². The molecule has 21 heavy (non-hydrogen) atoms. The quantitative estimate of drug-likeness (QED) is 0.767. The highest BCUT2D eigenvalue weighted by Gasteiger charge is 2.32. The molecule has 0 unspecified atom stereocenters. The van der Waals surface area contributed by atoms with Gasteiger partial charge in [0.15, 0.2) is 0 Å². The van der Waals surface area contributed by atoms with Gasteiger partial charge in [0.1, 0.15) is 6.54 Å². The number of carbonyl (C=O) groups is 3. The van der Waals surface area contributed by atoms with Crippen LogP contribution in [-0.4, -0.2) is 52.8 Å². The number of nitrogens with zero attached hydrogens (tertiary/aromatic N) is 3. The van der Waals surface area contributed by atoms with Gasteiger partial charge in [-0.05, 0) is 18.1 Å². The van der Waals surface area contributed by atoms with E-state index >= 15 is 0 Å². The Morgan fingerprint density at radius 1 is 1.43 bits per heavy atom. The summed E-state index contributed by atoms with van der Waals surface area (Å²) in [5.74, 6) is -0.315. The van der Waals surface area contributed by atoms with E-state index in [2.05, 4.69) is 10.3 Å². The summed E-state index contributed by atoms with van der Waals surface area (Å²) in [5.41, 5.74) is 0.928. The van der Waals surface area contributed by atoms with E-state index in [4.69, 9.17) is 0 Å². The van der Waals surface area contributed by atoms with E-state index < -0.39 is 0 Å². The van der Waals surface area contributed by atoms with E-state index in [1.165, 1.54) is 9.80 Å². The molecule has 0 spiro atoms. The van der Waals surface area contributed by atoms with Crippen molar-refractivity contribution in [1.29, 1.82) is 0 Å². The maximum absolute atomic E-state index is 11.7. The number of urea groups is 1. The topological polar surface area (TPSA) is 82.6 Å². The molecule has 0 radical (unpaired) electrons. The number of aromatic nitrogens is 1. The van der Waals surface area contributed by atoms with Crippen molar-refractivity contribution in [3.8, 4) is 0 Å². The third-order valence-corrected chi connectivity index (χ3v) is 3.23. The van der Waals surface area contributed by atoms with E-state index in [0.717, 1.165) is 5.56 Å². The number of likely N-dealkylation sites (N-methyl/N-ethyl adjacent to an activating group) is 1. The average molecular weight is 290 g/mol. The van der Waals surface area contributed by atoms with Crippen LogP contribution in [0.1, 0.15) is 18.4 Å². The SMILES string of the molecule is CN1CC(=O)N(CCCC(=O)NCc2cccnc2)C1=O. The van der Waals surface area contributed by atoms with E-state index in [1.54, 1.807) is 19.4 Å². The van der Waals surface area contributed by atoms with Crippen molar-refractivity contribution in [3.05, 3.63) is 30.1 Å². The smallest absolute Gasteiger partial charge is 0.326 e. The Hall–Kier alpha value is -2.44. The fraction of sp³-hybridized carbons (Fsp3) is 0.429. The summed E-state index contributed by atoms with van der Waals surface area (Å²) in [5, 5.41) is 2.78. The molecule has 0 bridgehead atoms. The Labute approximate surface area is 122 Å². The molecule has 0 aromatic carbocycles. The highest BCUT2D eigenvalue weighted by molar-refractivity contribution is 6.01. The van der Waals surface area contributed by atoms with Gasteiger partial charge in [0.2, 0.25) is 11.8 Å². The molecule has 0 aliphatic carbocycles. The molecule has 7 nitrogen and oxygen atoms in total. The van der Waals surface area contributed by atoms with Crippen LogP contribution in [0.15, 0.2) is 24.5 Å². The average Bonchev–Trinajstić information content (AvgIpc) is 2.72. The highest BCUT2D eigenvalue weighted by Crippen LogP contribution is 2.09. The largest absolute Gasteiger partial charge is 0.352 e. The molecule has 1 aromatic heterocycles. The summed E-state index contributed by atoms with van der Waals surface area (Å²) < 4.78 is 0. The molecule has 1 aliphatic heterocycles. The van der Waals surface area contributed by atoms with E-state index in [0.29, 0.717) is 13.0 Å². The van der Waals surface area contributed by atoms with Crippen LogP contribution in [0.5, 0.6) is 0 Å². The number of amides is 4. The normalized spacial score (nSPS) is 14.7. The van der Waals surface area contributed by atoms with Crippen LogP contribution < -0.4 is 5.32 Å². The molecule has 1 N–H and O–H groups in total. The first-order valence-electron chi connectivity index (χ1n) is 6.79. The zero-order valence-electron chi connectivity index (χ0n) is 11.9. The zero-order chi connectivity index (χ0) is 15.2. The van der Waals surface area contributed by atoms with E-state index in [9.17, 15) is 14.4 Å². The van der Waals surface area contributed by atoms with Crippen molar-refractivity contribution in [1.82, 2.24) is 20.1 Å². The minimum Gasteiger partial charge on any atom is -0.352 e. The zero-order valence-corrected chi connectivity index (χ0v) is 11.9. The van der Waals surface area contributed by atoms with Gasteiger partial charge < -0.3 is 10.2 Å². The highest BCUT2D eigenvalue weighted by atomic mass is 16.2. The molecule has 1 saturated heterocycles. The van der Waals surface area contributed by atoms with Crippen molar-refractivity contribution < 1.29 is 14.4 Å². The molecule has 1 aliphatic rings. The van der Waals surface area contributed by atoms with Crippen LogP contribution in [0.4, 0.5) is 4.79 Å². The predicted molar refractivity (Wildman–Crippen MR) is 75.1 cm³/mol. The van der Waals surface area contributed by atoms with Gasteiger partial charge in [-0.1, -0.05) is 6.07 Å². The number of hydrogen-bond acceptors (Lipinski definition) is 4. The first-order chi connectivity index (χ1) is 10.1. The molecule has 0 atom stereocenters. The van der Waals surface area contributed by atoms with Crippen molar-refractivity contribution >= 4 is 17.8 Å². The first-order valence-corrected chi connectivity index (χ1v) is 6.79. The van der Waals surface area contributed by atoms with Crippen LogP contribution in [-0.2, 0) is 16.1 Å². The van der Waals surface area contributed by atoms with Gasteiger partial charge in [-0.25, -0.2) is 4.79 Å². The maximum atomic E-state index is 11.7. The van der Waals surface area contributed by atoms with Crippen LogP contribution >= 0.6 is 0 Å². The fourth-order valence-corrected chi connectivity index (χ4v) is 2.08. The Bertz CT molecular complexity index is 532. The van der Waals surface area contributed by atoms with E-state index in [-0.39, 0.29) is 37.4 Å². The second-order valence-electron chi connectivity index (χ2n) is 4.93. The lowest BCUT2D eigenvalue weighted by Crippen LogP contribution is -2.33. The van der Waals surface area contributed by atoms with Gasteiger partial charge in [0.25, 0.3) is 0 Å².